The second-order valence-corrected chi connectivity index (χ2v) is 7.99. The van der Waals surface area contributed by atoms with Crippen LogP contribution in [0.1, 0.15) is 12.2 Å². The minimum absolute atomic E-state index is 0.0135. The van der Waals surface area contributed by atoms with Gasteiger partial charge in [-0.05, 0) is 13.5 Å². The molecule has 1 atom stereocenters. The summed E-state index contributed by atoms with van der Waals surface area (Å²) in [6.07, 6.45) is 2.29. The number of nitrogens with zero attached hydrogens (tertiary/aromatic N) is 5. The Labute approximate surface area is 127 Å². The summed E-state index contributed by atoms with van der Waals surface area (Å²) in [6.45, 7) is 0.459. The second kappa shape index (κ2) is 5.19. The Morgan fingerprint density at radius 2 is 2.24 bits per heavy atom. The van der Waals surface area contributed by atoms with Gasteiger partial charge >= 0.3 is 0 Å². The predicted octanol–water partition coefficient (Wildman–Crippen LogP) is 0.636. The summed E-state index contributed by atoms with van der Waals surface area (Å²) in [5.74, 6) is 1.03. The highest BCUT2D eigenvalue weighted by molar-refractivity contribution is 7.91. The van der Waals surface area contributed by atoms with Crippen LogP contribution < -0.4 is 0 Å². The third kappa shape index (κ3) is 2.88. The Kier molecular flexibility index (Phi) is 3.62. The summed E-state index contributed by atoms with van der Waals surface area (Å²) in [7, 11) is 0.783. The van der Waals surface area contributed by atoms with E-state index in [-0.39, 0.29) is 17.5 Å². The molecule has 21 heavy (non-hydrogen) atoms. The Morgan fingerprint density at radius 1 is 1.48 bits per heavy atom. The molecule has 3 rings (SSSR count). The minimum Gasteiger partial charge on any atom is -0.295 e. The van der Waals surface area contributed by atoms with Crippen LogP contribution in [0.15, 0.2) is 6.20 Å². The highest BCUT2D eigenvalue weighted by Crippen LogP contribution is 2.21. The van der Waals surface area contributed by atoms with E-state index in [1.165, 1.54) is 0 Å². The zero-order valence-electron chi connectivity index (χ0n) is 11.8. The lowest BCUT2D eigenvalue weighted by Crippen LogP contribution is -2.32. The standard InChI is InChI=1S/C12H16ClN5O2S/c1-17(8-3-4-21(19,20)7-8)6-10-15-11(13)9-5-14-18(2)12(9)16-10/h5,8H,3-4,6-7H2,1-2H3. The lowest BCUT2D eigenvalue weighted by molar-refractivity contribution is 0.248. The molecular weight excluding hydrogens is 314 g/mol. The fraction of sp³-hybridized carbons (Fsp3) is 0.583. The number of sulfone groups is 1. The fourth-order valence-corrected chi connectivity index (χ4v) is 4.61. The largest absolute Gasteiger partial charge is 0.295 e. The number of aromatic nitrogens is 4. The molecule has 2 aromatic rings. The van der Waals surface area contributed by atoms with Gasteiger partial charge in [-0.1, -0.05) is 11.6 Å². The highest BCUT2D eigenvalue weighted by atomic mass is 35.5. The van der Waals surface area contributed by atoms with E-state index >= 15 is 0 Å². The van der Waals surface area contributed by atoms with Crippen LogP contribution in [-0.2, 0) is 23.4 Å². The van der Waals surface area contributed by atoms with E-state index in [9.17, 15) is 8.42 Å². The lowest BCUT2D eigenvalue weighted by Gasteiger charge is -2.22. The zero-order chi connectivity index (χ0) is 15.2. The van der Waals surface area contributed by atoms with Crippen molar-refractivity contribution in [2.75, 3.05) is 18.6 Å². The van der Waals surface area contributed by atoms with Gasteiger partial charge in [-0.3, -0.25) is 9.58 Å². The Hall–Kier alpha value is -1.25. The summed E-state index contributed by atoms with van der Waals surface area (Å²) in [5, 5.41) is 5.20. The van der Waals surface area contributed by atoms with Crippen molar-refractivity contribution in [1.82, 2.24) is 24.6 Å². The Bertz CT molecular complexity index is 788. The first kappa shape index (κ1) is 14.7. The lowest BCUT2D eigenvalue weighted by atomic mass is 10.2. The molecular formula is C12H16ClN5O2S. The van der Waals surface area contributed by atoms with Crippen LogP contribution in [0.25, 0.3) is 11.0 Å². The molecule has 9 heteroatoms. The first-order chi connectivity index (χ1) is 9.85. The maximum atomic E-state index is 11.5. The van der Waals surface area contributed by atoms with Crippen LogP contribution in [-0.4, -0.2) is 57.7 Å². The molecule has 1 saturated heterocycles. The number of halogens is 1. The van der Waals surface area contributed by atoms with E-state index in [0.29, 0.717) is 35.0 Å². The second-order valence-electron chi connectivity index (χ2n) is 5.41. The fourth-order valence-electron chi connectivity index (χ4n) is 2.58. The maximum Gasteiger partial charge on any atom is 0.162 e. The van der Waals surface area contributed by atoms with Crippen LogP contribution in [0.2, 0.25) is 5.15 Å². The molecule has 0 N–H and O–H groups in total. The topological polar surface area (TPSA) is 81.0 Å². The van der Waals surface area contributed by atoms with Gasteiger partial charge < -0.3 is 0 Å². The van der Waals surface area contributed by atoms with Crippen molar-refractivity contribution >= 4 is 32.5 Å². The molecule has 7 nitrogen and oxygen atoms in total. The third-order valence-electron chi connectivity index (χ3n) is 3.81. The van der Waals surface area contributed by atoms with Gasteiger partial charge in [0.25, 0.3) is 0 Å². The summed E-state index contributed by atoms with van der Waals surface area (Å²) in [6, 6.07) is 0.0135. The molecule has 0 aliphatic carbocycles. The van der Waals surface area contributed by atoms with Crippen molar-refractivity contribution in [2.24, 2.45) is 7.05 Å². The van der Waals surface area contributed by atoms with Crippen molar-refractivity contribution < 1.29 is 8.42 Å². The van der Waals surface area contributed by atoms with E-state index in [0.717, 1.165) is 0 Å². The number of rotatable bonds is 3. The SMILES string of the molecule is CN(Cc1nc(Cl)c2cnn(C)c2n1)C1CCS(=O)(=O)C1. The maximum absolute atomic E-state index is 11.5. The van der Waals surface area contributed by atoms with Crippen molar-refractivity contribution in [3.8, 4) is 0 Å². The Morgan fingerprint density at radius 3 is 2.90 bits per heavy atom. The summed E-state index contributed by atoms with van der Waals surface area (Å²) < 4.78 is 24.7. The monoisotopic (exact) mass is 329 g/mol. The molecule has 1 aliphatic heterocycles. The molecule has 3 heterocycles. The van der Waals surface area contributed by atoms with E-state index in [4.69, 9.17) is 11.6 Å². The number of fused-ring (bicyclic) bond motifs is 1. The van der Waals surface area contributed by atoms with Crippen LogP contribution >= 0.6 is 11.6 Å². The van der Waals surface area contributed by atoms with Crippen molar-refractivity contribution in [1.29, 1.82) is 0 Å². The summed E-state index contributed by atoms with van der Waals surface area (Å²) >= 11 is 6.15. The van der Waals surface area contributed by atoms with Gasteiger partial charge in [-0.25, -0.2) is 18.4 Å². The van der Waals surface area contributed by atoms with Gasteiger partial charge in [0.15, 0.2) is 15.5 Å². The molecule has 2 aromatic heterocycles. The normalized spacial score (nSPS) is 21.4. The number of hydrogen-bond donors (Lipinski definition) is 0. The molecule has 1 aliphatic rings. The predicted molar refractivity (Wildman–Crippen MR) is 79.8 cm³/mol. The molecule has 0 aromatic carbocycles. The minimum atomic E-state index is -2.90. The molecule has 0 radical (unpaired) electrons. The smallest absolute Gasteiger partial charge is 0.162 e. The van der Waals surface area contributed by atoms with Gasteiger partial charge in [-0.15, -0.1) is 0 Å². The zero-order valence-corrected chi connectivity index (χ0v) is 13.4. The number of aryl methyl sites for hydroxylation is 1. The van der Waals surface area contributed by atoms with Crippen molar-refractivity contribution in [3.05, 3.63) is 17.2 Å². The van der Waals surface area contributed by atoms with Crippen LogP contribution in [0.5, 0.6) is 0 Å². The van der Waals surface area contributed by atoms with Gasteiger partial charge in [-0.2, -0.15) is 5.10 Å². The highest BCUT2D eigenvalue weighted by Gasteiger charge is 2.31. The Balaban J connectivity index is 1.83. The molecule has 1 unspecified atom stereocenters. The first-order valence-electron chi connectivity index (χ1n) is 6.60. The van der Waals surface area contributed by atoms with Gasteiger partial charge in [0.2, 0.25) is 0 Å². The first-order valence-corrected chi connectivity index (χ1v) is 8.80. The quantitative estimate of drug-likeness (QED) is 0.769. The summed E-state index contributed by atoms with van der Waals surface area (Å²) in [5.41, 5.74) is 0.678. The molecule has 0 amide bonds. The van der Waals surface area contributed by atoms with Gasteiger partial charge in [0.05, 0.1) is 29.6 Å². The molecule has 1 fully saturated rings. The number of hydrogen-bond acceptors (Lipinski definition) is 6. The molecule has 0 saturated carbocycles. The van der Waals surface area contributed by atoms with Gasteiger partial charge in [0, 0.05) is 13.1 Å². The van der Waals surface area contributed by atoms with Crippen molar-refractivity contribution in [3.63, 3.8) is 0 Å². The van der Waals surface area contributed by atoms with Gasteiger partial charge in [0.1, 0.15) is 11.0 Å². The molecule has 0 bridgehead atoms. The van der Waals surface area contributed by atoms with E-state index < -0.39 is 9.84 Å². The van der Waals surface area contributed by atoms with E-state index in [1.54, 1.807) is 17.9 Å². The van der Waals surface area contributed by atoms with Crippen molar-refractivity contribution in [2.45, 2.75) is 19.0 Å². The average molecular weight is 330 g/mol. The van der Waals surface area contributed by atoms with Crippen LogP contribution in [0, 0.1) is 0 Å². The van der Waals surface area contributed by atoms with E-state index in [2.05, 4.69) is 15.1 Å². The summed E-state index contributed by atoms with van der Waals surface area (Å²) in [4.78, 5) is 10.7. The molecule has 0 spiro atoms. The van der Waals surface area contributed by atoms with Crippen LogP contribution in [0.4, 0.5) is 0 Å². The van der Waals surface area contributed by atoms with E-state index in [1.807, 2.05) is 11.9 Å². The average Bonchev–Trinajstić information content (AvgIpc) is 2.94. The van der Waals surface area contributed by atoms with Crippen LogP contribution in [0.3, 0.4) is 0 Å². The third-order valence-corrected chi connectivity index (χ3v) is 5.85. The molecule has 114 valence electrons.